The number of nitrogens with one attached hydrogen (secondary N) is 1. The van der Waals surface area contributed by atoms with Gasteiger partial charge in [-0.3, -0.25) is 9.63 Å². The first kappa shape index (κ1) is 18.3. The van der Waals surface area contributed by atoms with Gasteiger partial charge in [-0.1, -0.05) is 30.3 Å². The maximum Gasteiger partial charge on any atom is 0.247 e. The highest BCUT2D eigenvalue weighted by molar-refractivity contribution is 5.81. The number of aliphatic hydroxyl groups excluding tert-OH is 1. The quantitative estimate of drug-likeness (QED) is 0.547. The van der Waals surface area contributed by atoms with Crippen molar-refractivity contribution in [2.75, 3.05) is 12.3 Å². The van der Waals surface area contributed by atoms with E-state index in [2.05, 4.69) is 20.4 Å². The molecule has 0 aliphatic heterocycles. The Hall–Kier alpha value is -3.04. The van der Waals surface area contributed by atoms with Gasteiger partial charge in [-0.15, -0.1) is 0 Å². The zero-order chi connectivity index (χ0) is 19.5. The first-order valence-electron chi connectivity index (χ1n) is 9.16. The number of aromatic nitrogens is 4. The lowest BCUT2D eigenvalue weighted by molar-refractivity contribution is -0.140. The summed E-state index contributed by atoms with van der Waals surface area (Å²) in [5.74, 6) is -0.426. The smallest absolute Gasteiger partial charge is 0.247 e. The molecule has 9 nitrogen and oxygen atoms in total. The molecular formula is C19H22N6O3. The molecule has 9 heteroatoms. The molecule has 146 valence electrons. The second kappa shape index (κ2) is 7.91. The fraction of sp³-hybridized carbons (Fsp3) is 0.368. The van der Waals surface area contributed by atoms with Crippen molar-refractivity contribution < 1.29 is 14.7 Å². The largest absolute Gasteiger partial charge is 0.396 e. The number of carbonyl (C=O) groups is 1. The van der Waals surface area contributed by atoms with Gasteiger partial charge in [-0.05, 0) is 24.3 Å². The zero-order valence-corrected chi connectivity index (χ0v) is 15.2. The third-order valence-corrected chi connectivity index (χ3v) is 5.28. The second-order valence-electron chi connectivity index (χ2n) is 7.00. The van der Waals surface area contributed by atoms with Gasteiger partial charge in [0.15, 0.2) is 11.5 Å². The van der Waals surface area contributed by atoms with E-state index in [1.807, 2.05) is 34.9 Å². The predicted octanol–water partition coefficient (Wildman–Crippen LogP) is 1.22. The Morgan fingerprint density at radius 2 is 2.07 bits per heavy atom. The van der Waals surface area contributed by atoms with Crippen LogP contribution in [-0.4, -0.2) is 37.1 Å². The third kappa shape index (κ3) is 3.54. The summed E-state index contributed by atoms with van der Waals surface area (Å²) in [6.45, 7) is 0.214. The Morgan fingerprint density at radius 1 is 1.25 bits per heavy atom. The van der Waals surface area contributed by atoms with E-state index in [9.17, 15) is 9.90 Å². The topological polar surface area (TPSA) is 128 Å². The lowest BCUT2D eigenvalue weighted by atomic mass is 9.96. The van der Waals surface area contributed by atoms with Gasteiger partial charge < -0.3 is 15.4 Å². The minimum absolute atomic E-state index is 0.0127. The molecule has 3 atom stereocenters. The number of nitrogens with two attached hydrogens (primary N) is 1. The Morgan fingerprint density at radius 3 is 2.86 bits per heavy atom. The van der Waals surface area contributed by atoms with Crippen LogP contribution in [0.2, 0.25) is 0 Å². The van der Waals surface area contributed by atoms with E-state index in [0.29, 0.717) is 29.8 Å². The van der Waals surface area contributed by atoms with E-state index in [1.165, 1.54) is 6.33 Å². The van der Waals surface area contributed by atoms with Crippen molar-refractivity contribution in [1.82, 2.24) is 25.0 Å². The van der Waals surface area contributed by atoms with Gasteiger partial charge in [0.1, 0.15) is 11.8 Å². The number of carbonyl (C=O) groups excluding carboxylic acids is 1. The van der Waals surface area contributed by atoms with Crippen LogP contribution in [0.25, 0.3) is 11.2 Å². The van der Waals surface area contributed by atoms with Gasteiger partial charge in [0.25, 0.3) is 0 Å². The number of anilines is 1. The van der Waals surface area contributed by atoms with Crippen LogP contribution in [0.4, 0.5) is 5.82 Å². The molecule has 0 unspecified atom stereocenters. The van der Waals surface area contributed by atoms with Gasteiger partial charge in [0.05, 0.1) is 12.9 Å². The molecule has 3 aromatic rings. The maximum atomic E-state index is 12.6. The summed E-state index contributed by atoms with van der Waals surface area (Å²) in [5, 5.41) is 9.77. The number of nitrogens with zero attached hydrogens (tertiary/aromatic N) is 4. The van der Waals surface area contributed by atoms with Crippen molar-refractivity contribution in [2.45, 2.75) is 25.5 Å². The SMILES string of the molecule is Nc1ncnc2c1ncn2[C@@H]1C[C@@H](CO)[C@@H](C(=O)NOCc2ccccc2)C1. The molecule has 28 heavy (non-hydrogen) atoms. The van der Waals surface area contributed by atoms with E-state index >= 15 is 0 Å². The first-order chi connectivity index (χ1) is 13.7. The van der Waals surface area contributed by atoms with Crippen molar-refractivity contribution in [2.24, 2.45) is 11.8 Å². The monoisotopic (exact) mass is 382 g/mol. The third-order valence-electron chi connectivity index (χ3n) is 5.28. The first-order valence-corrected chi connectivity index (χ1v) is 9.16. The van der Waals surface area contributed by atoms with E-state index in [-0.39, 0.29) is 37.0 Å². The molecule has 0 saturated heterocycles. The van der Waals surface area contributed by atoms with Gasteiger partial charge >= 0.3 is 0 Å². The number of hydrogen-bond acceptors (Lipinski definition) is 7. The van der Waals surface area contributed by atoms with Crippen LogP contribution in [0, 0.1) is 11.8 Å². The molecule has 1 saturated carbocycles. The van der Waals surface area contributed by atoms with Crippen LogP contribution in [0.15, 0.2) is 43.0 Å². The molecule has 4 rings (SSSR count). The van der Waals surface area contributed by atoms with E-state index in [0.717, 1.165) is 5.56 Å². The van der Waals surface area contributed by atoms with Crippen LogP contribution in [0.5, 0.6) is 0 Å². The Balaban J connectivity index is 1.43. The van der Waals surface area contributed by atoms with Crippen LogP contribution in [0.3, 0.4) is 0 Å². The number of aliphatic hydroxyl groups is 1. The average Bonchev–Trinajstić information content (AvgIpc) is 3.33. The molecule has 2 heterocycles. The van der Waals surface area contributed by atoms with E-state index in [4.69, 9.17) is 10.6 Å². The molecule has 4 N–H and O–H groups in total. The van der Waals surface area contributed by atoms with Crippen molar-refractivity contribution in [3.05, 3.63) is 48.5 Å². The highest BCUT2D eigenvalue weighted by atomic mass is 16.6. The Bertz CT molecular complexity index is 961. The fourth-order valence-corrected chi connectivity index (χ4v) is 3.82. The number of hydrogen-bond donors (Lipinski definition) is 3. The standard InChI is InChI=1S/C19H22N6O3/c20-17-16-18(22-10-21-17)25(11-23-16)14-6-13(8-26)15(7-14)19(27)24-28-9-12-4-2-1-3-5-12/h1-5,10-11,13-15,26H,6-9H2,(H,24,27)(H2,20,21,22)/t13-,14+,15-/m0/s1. The molecule has 1 aliphatic rings. The zero-order valence-electron chi connectivity index (χ0n) is 15.2. The molecule has 1 fully saturated rings. The van der Waals surface area contributed by atoms with Crippen LogP contribution >= 0.6 is 0 Å². The summed E-state index contributed by atoms with van der Waals surface area (Å²) in [4.78, 5) is 30.5. The lowest BCUT2D eigenvalue weighted by Gasteiger charge is -2.16. The van der Waals surface area contributed by atoms with Crippen molar-refractivity contribution in [3.63, 3.8) is 0 Å². The van der Waals surface area contributed by atoms with Gasteiger partial charge in [0.2, 0.25) is 5.91 Å². The predicted molar refractivity (Wildman–Crippen MR) is 101 cm³/mol. The number of imidazole rings is 1. The highest BCUT2D eigenvalue weighted by Crippen LogP contribution is 2.40. The number of nitrogen functional groups attached to an aromatic ring is 1. The summed E-state index contributed by atoms with van der Waals surface area (Å²) in [5.41, 5.74) is 10.5. The van der Waals surface area contributed by atoms with E-state index < -0.39 is 0 Å². The number of hydroxylamine groups is 1. The van der Waals surface area contributed by atoms with Crippen molar-refractivity contribution in [1.29, 1.82) is 0 Å². The average molecular weight is 382 g/mol. The Kier molecular flexibility index (Phi) is 5.18. The summed E-state index contributed by atoms with van der Waals surface area (Å²) in [6, 6.07) is 9.58. The lowest BCUT2D eigenvalue weighted by Crippen LogP contribution is -2.33. The minimum atomic E-state index is -0.359. The van der Waals surface area contributed by atoms with E-state index in [1.54, 1.807) is 6.33 Å². The van der Waals surface area contributed by atoms with Gasteiger partial charge in [0, 0.05) is 18.6 Å². The molecule has 1 aliphatic carbocycles. The van der Waals surface area contributed by atoms with Gasteiger partial charge in [-0.25, -0.2) is 20.4 Å². The normalized spacial score (nSPS) is 21.8. The van der Waals surface area contributed by atoms with Crippen LogP contribution < -0.4 is 11.2 Å². The van der Waals surface area contributed by atoms with Crippen LogP contribution in [0.1, 0.15) is 24.4 Å². The van der Waals surface area contributed by atoms with Gasteiger partial charge in [-0.2, -0.15) is 0 Å². The summed E-state index contributed by atoms with van der Waals surface area (Å²) < 4.78 is 1.91. The number of benzene rings is 1. The molecule has 0 radical (unpaired) electrons. The summed E-state index contributed by atoms with van der Waals surface area (Å²) in [7, 11) is 0. The molecule has 1 amide bonds. The maximum absolute atomic E-state index is 12.6. The van der Waals surface area contributed by atoms with Crippen molar-refractivity contribution >= 4 is 22.9 Å². The Labute approximate surface area is 161 Å². The van der Waals surface area contributed by atoms with Crippen LogP contribution in [-0.2, 0) is 16.2 Å². The number of rotatable bonds is 6. The molecule has 0 bridgehead atoms. The highest BCUT2D eigenvalue weighted by Gasteiger charge is 2.40. The van der Waals surface area contributed by atoms with Crippen molar-refractivity contribution in [3.8, 4) is 0 Å². The number of amides is 1. The number of fused-ring (bicyclic) bond motifs is 1. The molecular weight excluding hydrogens is 360 g/mol. The summed E-state index contributed by atoms with van der Waals surface area (Å²) >= 11 is 0. The molecule has 1 aromatic carbocycles. The molecule has 0 spiro atoms. The fourth-order valence-electron chi connectivity index (χ4n) is 3.82. The summed E-state index contributed by atoms with van der Waals surface area (Å²) in [6.07, 6.45) is 4.26. The molecule has 2 aromatic heterocycles. The second-order valence-corrected chi connectivity index (χ2v) is 7.00. The minimum Gasteiger partial charge on any atom is -0.396 e.